The van der Waals surface area contributed by atoms with Crippen molar-refractivity contribution < 1.29 is 8.78 Å². The van der Waals surface area contributed by atoms with Crippen LogP contribution in [0.15, 0.2) is 34.8 Å². The van der Waals surface area contributed by atoms with Gasteiger partial charge in [0.2, 0.25) is 0 Å². The van der Waals surface area contributed by atoms with Gasteiger partial charge in [-0.05, 0) is 42.7 Å². The van der Waals surface area contributed by atoms with Crippen LogP contribution in [0.5, 0.6) is 0 Å². The van der Waals surface area contributed by atoms with Gasteiger partial charge in [-0.15, -0.1) is 0 Å². The van der Waals surface area contributed by atoms with Crippen molar-refractivity contribution in [1.29, 1.82) is 0 Å². The van der Waals surface area contributed by atoms with Crippen LogP contribution in [0.25, 0.3) is 0 Å². The van der Waals surface area contributed by atoms with Crippen molar-refractivity contribution in [2.24, 2.45) is 0 Å². The Kier molecular flexibility index (Phi) is 4.20. The topological polar surface area (TPSA) is 12.0 Å². The number of hydrogen-bond donors (Lipinski definition) is 1. The number of rotatable bonds is 3. The average Bonchev–Trinajstić information content (AvgIpc) is 2.34. The molecule has 0 aromatic heterocycles. The van der Waals surface area contributed by atoms with Gasteiger partial charge >= 0.3 is 0 Å². The Hall–Kier alpha value is -1.42. The van der Waals surface area contributed by atoms with E-state index in [1.807, 2.05) is 25.1 Å². The molecule has 0 bridgehead atoms. The summed E-state index contributed by atoms with van der Waals surface area (Å²) in [5.74, 6) is -0.853. The second kappa shape index (κ2) is 5.70. The van der Waals surface area contributed by atoms with E-state index in [1.165, 1.54) is 12.1 Å². The summed E-state index contributed by atoms with van der Waals surface area (Å²) in [6.45, 7) is 3.97. The van der Waals surface area contributed by atoms with Crippen molar-refractivity contribution in [1.82, 2.24) is 0 Å². The monoisotopic (exact) mass is 325 g/mol. The van der Waals surface area contributed by atoms with E-state index >= 15 is 0 Å². The van der Waals surface area contributed by atoms with E-state index in [4.69, 9.17) is 0 Å². The molecule has 0 heterocycles. The number of aryl methyl sites for hydroxylation is 2. The zero-order valence-electron chi connectivity index (χ0n) is 10.7. The van der Waals surface area contributed by atoms with Crippen LogP contribution in [0, 0.1) is 25.5 Å². The van der Waals surface area contributed by atoms with Gasteiger partial charge in [-0.1, -0.05) is 28.1 Å². The Balaban J connectivity index is 2.16. The highest BCUT2D eigenvalue weighted by atomic mass is 79.9. The first-order valence-electron chi connectivity index (χ1n) is 5.92. The largest absolute Gasteiger partial charge is 0.378 e. The second-order valence-electron chi connectivity index (χ2n) is 4.53. The standard InChI is InChI=1S/C15H14BrF2N/c1-9-3-4-11(12(16)5-9)8-19-15-7-13(17)10(2)6-14(15)18/h3-7,19H,8H2,1-2H3. The molecule has 0 unspecified atom stereocenters. The van der Waals surface area contributed by atoms with Gasteiger partial charge in [0.1, 0.15) is 11.6 Å². The van der Waals surface area contributed by atoms with Crippen LogP contribution in [-0.2, 0) is 6.54 Å². The summed E-state index contributed by atoms with van der Waals surface area (Å²) in [5.41, 5.74) is 2.62. The minimum absolute atomic E-state index is 0.176. The van der Waals surface area contributed by atoms with E-state index in [0.29, 0.717) is 12.1 Å². The maximum atomic E-state index is 13.7. The first kappa shape index (κ1) is 14.0. The fourth-order valence-electron chi connectivity index (χ4n) is 1.77. The Morgan fingerprint density at radius 1 is 1.05 bits per heavy atom. The summed E-state index contributed by atoms with van der Waals surface area (Å²) >= 11 is 3.46. The van der Waals surface area contributed by atoms with Crippen molar-refractivity contribution in [3.05, 3.63) is 63.1 Å². The number of halogens is 3. The molecule has 1 nitrogen and oxygen atoms in total. The number of hydrogen-bond acceptors (Lipinski definition) is 1. The van der Waals surface area contributed by atoms with Crippen molar-refractivity contribution in [2.75, 3.05) is 5.32 Å². The van der Waals surface area contributed by atoms with Crippen molar-refractivity contribution in [2.45, 2.75) is 20.4 Å². The molecule has 0 amide bonds. The molecular formula is C15H14BrF2N. The van der Waals surface area contributed by atoms with Crippen LogP contribution in [0.3, 0.4) is 0 Å². The van der Waals surface area contributed by atoms with Gasteiger partial charge in [-0.2, -0.15) is 0 Å². The first-order valence-corrected chi connectivity index (χ1v) is 6.71. The minimum atomic E-state index is -0.442. The third kappa shape index (κ3) is 3.32. The second-order valence-corrected chi connectivity index (χ2v) is 5.38. The zero-order valence-corrected chi connectivity index (χ0v) is 12.3. The van der Waals surface area contributed by atoms with Crippen LogP contribution >= 0.6 is 15.9 Å². The summed E-state index contributed by atoms with van der Waals surface area (Å²) in [6, 6.07) is 8.31. The van der Waals surface area contributed by atoms with Crippen molar-refractivity contribution >= 4 is 21.6 Å². The SMILES string of the molecule is Cc1ccc(CNc2cc(F)c(C)cc2F)c(Br)c1. The lowest BCUT2D eigenvalue weighted by molar-refractivity contribution is 0.594. The maximum Gasteiger partial charge on any atom is 0.146 e. The molecule has 0 saturated heterocycles. The van der Waals surface area contributed by atoms with Crippen molar-refractivity contribution in [3.63, 3.8) is 0 Å². The Morgan fingerprint density at radius 3 is 2.47 bits per heavy atom. The molecule has 0 fully saturated rings. The fourth-order valence-corrected chi connectivity index (χ4v) is 2.40. The minimum Gasteiger partial charge on any atom is -0.378 e. The molecule has 2 aromatic rings. The third-order valence-electron chi connectivity index (χ3n) is 2.93. The van der Waals surface area contributed by atoms with Crippen LogP contribution in [0.2, 0.25) is 0 Å². The number of nitrogens with one attached hydrogen (secondary N) is 1. The quantitative estimate of drug-likeness (QED) is 0.841. The predicted molar refractivity (Wildman–Crippen MR) is 77.3 cm³/mol. The van der Waals surface area contributed by atoms with Crippen LogP contribution < -0.4 is 5.32 Å². The Labute approximate surface area is 119 Å². The highest BCUT2D eigenvalue weighted by Crippen LogP contribution is 2.22. The lowest BCUT2D eigenvalue weighted by Crippen LogP contribution is -2.03. The summed E-state index contributed by atoms with van der Waals surface area (Å²) in [5, 5.41) is 2.91. The maximum absolute atomic E-state index is 13.7. The van der Waals surface area contributed by atoms with E-state index in [9.17, 15) is 8.78 Å². The molecule has 0 saturated carbocycles. The molecule has 19 heavy (non-hydrogen) atoms. The van der Waals surface area contributed by atoms with E-state index in [-0.39, 0.29) is 5.69 Å². The summed E-state index contributed by atoms with van der Waals surface area (Å²) < 4.78 is 28.0. The van der Waals surface area contributed by atoms with Gasteiger partial charge in [0.15, 0.2) is 0 Å². The molecule has 1 N–H and O–H groups in total. The van der Waals surface area contributed by atoms with Crippen molar-refractivity contribution in [3.8, 4) is 0 Å². The first-order chi connectivity index (χ1) is 8.97. The van der Waals surface area contributed by atoms with Crippen LogP contribution in [0.1, 0.15) is 16.7 Å². The molecule has 0 atom stereocenters. The van der Waals surface area contributed by atoms with E-state index < -0.39 is 11.6 Å². The number of benzene rings is 2. The van der Waals surface area contributed by atoms with Gasteiger partial charge in [-0.25, -0.2) is 8.78 Å². The van der Waals surface area contributed by atoms with Crippen LogP contribution in [-0.4, -0.2) is 0 Å². The highest BCUT2D eigenvalue weighted by Gasteiger charge is 2.07. The smallest absolute Gasteiger partial charge is 0.146 e. The summed E-state index contributed by atoms with van der Waals surface area (Å²) in [4.78, 5) is 0. The van der Waals surface area contributed by atoms with E-state index in [2.05, 4.69) is 21.2 Å². The van der Waals surface area contributed by atoms with E-state index in [1.54, 1.807) is 6.92 Å². The van der Waals surface area contributed by atoms with Gasteiger partial charge in [-0.3, -0.25) is 0 Å². The fraction of sp³-hybridized carbons (Fsp3) is 0.200. The molecule has 0 aliphatic carbocycles. The zero-order chi connectivity index (χ0) is 14.0. The molecule has 0 aliphatic heterocycles. The average molecular weight is 326 g/mol. The molecule has 2 aromatic carbocycles. The van der Waals surface area contributed by atoms with E-state index in [0.717, 1.165) is 15.6 Å². The Bertz CT molecular complexity index is 611. The molecular weight excluding hydrogens is 312 g/mol. The molecule has 2 rings (SSSR count). The van der Waals surface area contributed by atoms with Gasteiger partial charge < -0.3 is 5.32 Å². The predicted octanol–water partition coefficient (Wildman–Crippen LogP) is 4.96. The van der Waals surface area contributed by atoms with Gasteiger partial charge in [0.05, 0.1) is 5.69 Å². The molecule has 0 spiro atoms. The summed E-state index contributed by atoms with van der Waals surface area (Å²) in [6.07, 6.45) is 0. The van der Waals surface area contributed by atoms with Crippen LogP contribution in [0.4, 0.5) is 14.5 Å². The summed E-state index contributed by atoms with van der Waals surface area (Å²) in [7, 11) is 0. The van der Waals surface area contributed by atoms with Gasteiger partial charge in [0.25, 0.3) is 0 Å². The molecule has 0 aliphatic rings. The molecule has 4 heteroatoms. The molecule has 0 radical (unpaired) electrons. The third-order valence-corrected chi connectivity index (χ3v) is 3.66. The van der Waals surface area contributed by atoms with Gasteiger partial charge in [0, 0.05) is 17.1 Å². The number of anilines is 1. The Morgan fingerprint density at radius 2 is 1.79 bits per heavy atom. The normalized spacial score (nSPS) is 10.6. The lowest BCUT2D eigenvalue weighted by Gasteiger charge is -2.10. The highest BCUT2D eigenvalue weighted by molar-refractivity contribution is 9.10. The lowest BCUT2D eigenvalue weighted by atomic mass is 10.1. The molecule has 100 valence electrons.